The lowest BCUT2D eigenvalue weighted by Crippen LogP contribution is -2.06. The summed E-state index contributed by atoms with van der Waals surface area (Å²) in [6.45, 7) is 2.08. The molecule has 0 aliphatic heterocycles. The van der Waals surface area contributed by atoms with E-state index in [0.29, 0.717) is 5.88 Å². The molecule has 6 heteroatoms. The van der Waals surface area contributed by atoms with Crippen molar-refractivity contribution in [3.63, 3.8) is 0 Å². The Bertz CT molecular complexity index is 561. The third kappa shape index (κ3) is 3.94. The minimum Gasteiger partial charge on any atom is -0.482 e. The zero-order valence-electron chi connectivity index (χ0n) is 10.2. The molecule has 0 radical (unpaired) electrons. The molecular weight excluding hydrogens is 413 g/mol. The molecule has 1 unspecified atom stereocenters. The van der Waals surface area contributed by atoms with Crippen molar-refractivity contribution < 1.29 is 4.74 Å². The molecule has 1 atom stereocenters. The van der Waals surface area contributed by atoms with Crippen LogP contribution in [0.1, 0.15) is 30.2 Å². The summed E-state index contributed by atoms with van der Waals surface area (Å²) in [5, 5.41) is 2.94. The Labute approximate surface area is 138 Å². The highest BCUT2D eigenvalue weighted by atomic mass is 79.9. The van der Waals surface area contributed by atoms with Gasteiger partial charge in [-0.15, -0.1) is 22.9 Å². The molecule has 0 amide bonds. The number of aromatic nitrogens is 1. The molecule has 2 aromatic rings. The Morgan fingerprint density at radius 3 is 2.79 bits per heavy atom. The maximum Gasteiger partial charge on any atom is 0.150 e. The van der Waals surface area contributed by atoms with Crippen molar-refractivity contribution >= 4 is 54.8 Å². The van der Waals surface area contributed by atoms with Gasteiger partial charge in [0.1, 0.15) is 16.9 Å². The topological polar surface area (TPSA) is 22.1 Å². The van der Waals surface area contributed by atoms with Gasteiger partial charge in [0, 0.05) is 9.85 Å². The van der Waals surface area contributed by atoms with Gasteiger partial charge in [-0.05, 0) is 40.5 Å². The number of thiazole rings is 1. The largest absolute Gasteiger partial charge is 0.482 e. The van der Waals surface area contributed by atoms with Gasteiger partial charge < -0.3 is 4.74 Å². The first-order valence-electron chi connectivity index (χ1n) is 5.76. The predicted octanol–water partition coefficient (Wildman–Crippen LogP) is 5.94. The van der Waals surface area contributed by atoms with E-state index >= 15 is 0 Å². The number of hydrogen-bond donors (Lipinski definition) is 0. The van der Waals surface area contributed by atoms with E-state index in [1.807, 2.05) is 23.6 Å². The number of halogens is 3. The lowest BCUT2D eigenvalue weighted by molar-refractivity contribution is 0.199. The Balaban J connectivity index is 2.18. The van der Waals surface area contributed by atoms with Crippen LogP contribution in [0.5, 0.6) is 5.75 Å². The summed E-state index contributed by atoms with van der Waals surface area (Å²) in [4.78, 5) is 4.48. The van der Waals surface area contributed by atoms with Crippen molar-refractivity contribution in [3.8, 4) is 5.75 Å². The number of rotatable bonds is 5. The Hall–Kier alpha value is -0.100. The highest BCUT2D eigenvalue weighted by molar-refractivity contribution is 9.11. The first kappa shape index (κ1) is 15.3. The first-order chi connectivity index (χ1) is 9.13. The minimum atomic E-state index is -0.0422. The fourth-order valence-electron chi connectivity index (χ4n) is 1.56. The molecule has 0 fully saturated rings. The van der Waals surface area contributed by atoms with E-state index < -0.39 is 0 Å². The van der Waals surface area contributed by atoms with E-state index in [0.717, 1.165) is 31.8 Å². The van der Waals surface area contributed by atoms with Crippen molar-refractivity contribution in [2.24, 2.45) is 0 Å². The SMILES string of the molecule is CCC(Oc1ccc(Br)cc1Br)c1nc(CCl)cs1. The minimum absolute atomic E-state index is 0.0422. The van der Waals surface area contributed by atoms with E-state index in [4.69, 9.17) is 16.3 Å². The van der Waals surface area contributed by atoms with E-state index in [9.17, 15) is 0 Å². The van der Waals surface area contributed by atoms with Gasteiger partial charge in [0.15, 0.2) is 0 Å². The van der Waals surface area contributed by atoms with Crippen LogP contribution in [0.25, 0.3) is 0 Å². The van der Waals surface area contributed by atoms with Crippen molar-refractivity contribution in [1.82, 2.24) is 4.98 Å². The Morgan fingerprint density at radius 1 is 1.42 bits per heavy atom. The van der Waals surface area contributed by atoms with Gasteiger partial charge in [0.25, 0.3) is 0 Å². The molecule has 0 bridgehead atoms. The fraction of sp³-hybridized carbons (Fsp3) is 0.308. The van der Waals surface area contributed by atoms with Gasteiger partial charge >= 0.3 is 0 Å². The van der Waals surface area contributed by atoms with E-state index in [1.54, 1.807) is 11.3 Å². The maximum absolute atomic E-state index is 6.03. The smallest absolute Gasteiger partial charge is 0.150 e. The van der Waals surface area contributed by atoms with E-state index in [1.165, 1.54) is 0 Å². The molecule has 102 valence electrons. The van der Waals surface area contributed by atoms with Gasteiger partial charge in [-0.1, -0.05) is 22.9 Å². The summed E-state index contributed by atoms with van der Waals surface area (Å²) >= 11 is 14.3. The van der Waals surface area contributed by atoms with Crippen LogP contribution in [-0.4, -0.2) is 4.98 Å². The van der Waals surface area contributed by atoms with Crippen LogP contribution in [0.4, 0.5) is 0 Å². The number of ether oxygens (including phenoxy) is 1. The van der Waals surface area contributed by atoms with Gasteiger partial charge in [-0.25, -0.2) is 4.98 Å². The van der Waals surface area contributed by atoms with Crippen LogP contribution >= 0.6 is 54.8 Å². The number of alkyl halides is 1. The molecule has 1 heterocycles. The summed E-state index contributed by atoms with van der Waals surface area (Å²) < 4.78 is 7.97. The molecule has 0 spiro atoms. The van der Waals surface area contributed by atoms with Gasteiger partial charge in [-0.2, -0.15) is 0 Å². The van der Waals surface area contributed by atoms with Crippen LogP contribution in [0.15, 0.2) is 32.5 Å². The quantitative estimate of drug-likeness (QED) is 0.553. The van der Waals surface area contributed by atoms with Gasteiger partial charge in [0.2, 0.25) is 0 Å². The number of benzene rings is 1. The highest BCUT2D eigenvalue weighted by Gasteiger charge is 2.16. The number of hydrogen-bond acceptors (Lipinski definition) is 3. The zero-order chi connectivity index (χ0) is 13.8. The Morgan fingerprint density at radius 2 is 2.21 bits per heavy atom. The third-order valence-corrected chi connectivity index (χ3v) is 4.89. The fourth-order valence-corrected chi connectivity index (χ4v) is 3.86. The zero-order valence-corrected chi connectivity index (χ0v) is 14.9. The standard InChI is InChI=1S/C13H12Br2ClNOS/c1-2-11(13-17-9(6-16)7-19-13)18-12-4-3-8(14)5-10(12)15/h3-5,7,11H,2,6H2,1H3. The van der Waals surface area contributed by atoms with Crippen LogP contribution in [-0.2, 0) is 5.88 Å². The lowest BCUT2D eigenvalue weighted by Gasteiger charge is -2.16. The normalized spacial score (nSPS) is 12.4. The summed E-state index contributed by atoms with van der Waals surface area (Å²) in [5.41, 5.74) is 0.901. The predicted molar refractivity (Wildman–Crippen MR) is 87.2 cm³/mol. The van der Waals surface area contributed by atoms with Gasteiger partial charge in [0.05, 0.1) is 16.0 Å². The summed E-state index contributed by atoms with van der Waals surface area (Å²) in [6, 6.07) is 5.86. The summed E-state index contributed by atoms with van der Waals surface area (Å²) in [7, 11) is 0. The molecular formula is C13H12Br2ClNOS. The van der Waals surface area contributed by atoms with Crippen molar-refractivity contribution in [1.29, 1.82) is 0 Å². The highest BCUT2D eigenvalue weighted by Crippen LogP contribution is 2.33. The second-order valence-electron chi connectivity index (χ2n) is 3.90. The molecule has 1 aromatic carbocycles. The van der Waals surface area contributed by atoms with Crippen molar-refractivity contribution in [2.75, 3.05) is 0 Å². The molecule has 1 aromatic heterocycles. The van der Waals surface area contributed by atoms with Crippen LogP contribution in [0, 0.1) is 0 Å². The van der Waals surface area contributed by atoms with Crippen molar-refractivity contribution in [3.05, 3.63) is 43.2 Å². The Kier molecular flexibility index (Phi) is 5.69. The second kappa shape index (κ2) is 7.07. The monoisotopic (exact) mass is 423 g/mol. The first-order valence-corrected chi connectivity index (χ1v) is 8.76. The molecule has 2 rings (SSSR count). The van der Waals surface area contributed by atoms with Crippen LogP contribution in [0.2, 0.25) is 0 Å². The molecule has 0 aliphatic rings. The maximum atomic E-state index is 6.03. The average Bonchev–Trinajstić information content (AvgIpc) is 2.86. The molecule has 0 N–H and O–H groups in total. The van der Waals surface area contributed by atoms with E-state index in [-0.39, 0.29) is 6.10 Å². The molecule has 19 heavy (non-hydrogen) atoms. The third-order valence-electron chi connectivity index (χ3n) is 2.52. The van der Waals surface area contributed by atoms with Gasteiger partial charge in [-0.3, -0.25) is 0 Å². The molecule has 0 saturated carbocycles. The van der Waals surface area contributed by atoms with Crippen LogP contribution in [0.3, 0.4) is 0 Å². The number of nitrogens with zero attached hydrogens (tertiary/aromatic N) is 1. The molecule has 0 saturated heterocycles. The second-order valence-corrected chi connectivity index (χ2v) is 6.83. The average molecular weight is 426 g/mol. The molecule has 0 aliphatic carbocycles. The van der Waals surface area contributed by atoms with Crippen molar-refractivity contribution in [2.45, 2.75) is 25.3 Å². The van der Waals surface area contributed by atoms with E-state index in [2.05, 4.69) is 43.8 Å². The van der Waals surface area contributed by atoms with Crippen LogP contribution < -0.4 is 4.74 Å². The summed E-state index contributed by atoms with van der Waals surface area (Å²) in [6.07, 6.45) is 0.817. The summed E-state index contributed by atoms with van der Waals surface area (Å²) in [5.74, 6) is 1.26. The lowest BCUT2D eigenvalue weighted by atomic mass is 10.3. The molecule has 2 nitrogen and oxygen atoms in total.